The minimum absolute atomic E-state index is 0.000975. The summed E-state index contributed by atoms with van der Waals surface area (Å²) in [4.78, 5) is 14.2. The molecule has 0 spiro atoms. The predicted molar refractivity (Wildman–Crippen MR) is 74.2 cm³/mol. The first-order valence-corrected chi connectivity index (χ1v) is 7.01. The lowest BCUT2D eigenvalue weighted by atomic mass is 10.0. The van der Waals surface area contributed by atoms with Crippen molar-refractivity contribution in [1.82, 2.24) is 4.90 Å². The van der Waals surface area contributed by atoms with Crippen LogP contribution < -0.4 is 0 Å². The van der Waals surface area contributed by atoms with Crippen LogP contribution in [-0.4, -0.2) is 17.4 Å². The Balaban J connectivity index is 2.14. The fourth-order valence-corrected chi connectivity index (χ4v) is 2.64. The molecule has 0 aliphatic carbocycles. The lowest BCUT2D eigenvalue weighted by Crippen LogP contribution is -2.35. The number of benzene rings is 1. The molecule has 1 aromatic rings. The van der Waals surface area contributed by atoms with E-state index >= 15 is 0 Å². The molecule has 0 saturated carbocycles. The van der Waals surface area contributed by atoms with Crippen LogP contribution in [-0.2, 0) is 17.8 Å². The Kier molecular flexibility index (Phi) is 4.57. The zero-order valence-corrected chi connectivity index (χ0v) is 11.4. The van der Waals surface area contributed by atoms with Gasteiger partial charge in [0.1, 0.15) is 5.92 Å². The van der Waals surface area contributed by atoms with Gasteiger partial charge in [-0.3, -0.25) is 4.79 Å². The summed E-state index contributed by atoms with van der Waals surface area (Å²) in [5.41, 5.74) is 2.56. The summed E-state index contributed by atoms with van der Waals surface area (Å²) < 4.78 is 0. The normalized spacial score (nSPS) is 16.1. The topological polar surface area (TPSA) is 44.1 Å². The monoisotopic (exact) mass is 256 g/mol. The Hall–Kier alpha value is -1.82. The second-order valence-corrected chi connectivity index (χ2v) is 5.10. The number of fused-ring (bicyclic) bond motifs is 1. The SMILES string of the molecule is CCCC(C#N)C(=O)N1CCCc2ccccc2C1. The molecule has 2 rings (SSSR count). The van der Waals surface area contributed by atoms with Gasteiger partial charge in [-0.2, -0.15) is 5.26 Å². The first kappa shape index (κ1) is 13.6. The predicted octanol–water partition coefficient (Wildman–Crippen LogP) is 2.90. The van der Waals surface area contributed by atoms with Crippen molar-refractivity contribution in [2.45, 2.75) is 39.2 Å². The summed E-state index contributed by atoms with van der Waals surface area (Å²) >= 11 is 0. The van der Waals surface area contributed by atoms with Crippen LogP contribution in [0, 0.1) is 17.2 Å². The average molecular weight is 256 g/mol. The van der Waals surface area contributed by atoms with Crippen LogP contribution in [0.4, 0.5) is 0 Å². The number of aryl methyl sites for hydroxylation is 1. The van der Waals surface area contributed by atoms with E-state index in [1.807, 2.05) is 24.0 Å². The number of nitriles is 1. The van der Waals surface area contributed by atoms with Gasteiger partial charge in [0.15, 0.2) is 0 Å². The molecule has 1 aliphatic heterocycles. The maximum absolute atomic E-state index is 12.4. The Morgan fingerprint density at radius 1 is 1.42 bits per heavy atom. The number of hydrogen-bond acceptors (Lipinski definition) is 2. The lowest BCUT2D eigenvalue weighted by molar-refractivity contribution is -0.134. The number of hydrogen-bond donors (Lipinski definition) is 0. The molecule has 1 aliphatic rings. The molecule has 1 amide bonds. The molecule has 0 bridgehead atoms. The van der Waals surface area contributed by atoms with Gasteiger partial charge in [-0.15, -0.1) is 0 Å². The second-order valence-electron chi connectivity index (χ2n) is 5.10. The highest BCUT2D eigenvalue weighted by Gasteiger charge is 2.25. The van der Waals surface area contributed by atoms with Crippen molar-refractivity contribution in [2.75, 3.05) is 6.54 Å². The average Bonchev–Trinajstić information content (AvgIpc) is 2.66. The van der Waals surface area contributed by atoms with Gasteiger partial charge in [-0.05, 0) is 30.4 Å². The van der Waals surface area contributed by atoms with Crippen LogP contribution in [0.2, 0.25) is 0 Å². The zero-order valence-electron chi connectivity index (χ0n) is 11.4. The van der Waals surface area contributed by atoms with Gasteiger partial charge in [-0.1, -0.05) is 37.6 Å². The number of rotatable bonds is 3. The maximum atomic E-state index is 12.4. The molecule has 0 aromatic heterocycles. The van der Waals surface area contributed by atoms with Gasteiger partial charge < -0.3 is 4.90 Å². The highest BCUT2D eigenvalue weighted by molar-refractivity contribution is 5.81. The highest BCUT2D eigenvalue weighted by atomic mass is 16.2. The van der Waals surface area contributed by atoms with Gasteiger partial charge in [0, 0.05) is 13.1 Å². The molecular weight excluding hydrogens is 236 g/mol. The summed E-state index contributed by atoms with van der Waals surface area (Å²) in [5.74, 6) is -0.476. The van der Waals surface area contributed by atoms with Crippen molar-refractivity contribution >= 4 is 5.91 Å². The third-order valence-corrected chi connectivity index (χ3v) is 3.70. The molecule has 0 fully saturated rings. The van der Waals surface area contributed by atoms with E-state index < -0.39 is 5.92 Å². The Labute approximate surface area is 114 Å². The van der Waals surface area contributed by atoms with Crippen LogP contribution >= 0.6 is 0 Å². The molecule has 3 heteroatoms. The second kappa shape index (κ2) is 6.38. The molecule has 0 radical (unpaired) electrons. The van der Waals surface area contributed by atoms with Crippen LogP contribution in [0.15, 0.2) is 24.3 Å². The van der Waals surface area contributed by atoms with Crippen LogP contribution in [0.1, 0.15) is 37.3 Å². The van der Waals surface area contributed by atoms with E-state index in [4.69, 9.17) is 5.26 Å². The van der Waals surface area contributed by atoms with E-state index in [1.54, 1.807) is 0 Å². The van der Waals surface area contributed by atoms with Crippen LogP contribution in [0.3, 0.4) is 0 Å². The Morgan fingerprint density at radius 3 is 2.84 bits per heavy atom. The Morgan fingerprint density at radius 2 is 2.16 bits per heavy atom. The van der Waals surface area contributed by atoms with Gasteiger partial charge in [-0.25, -0.2) is 0 Å². The molecular formula is C16H20N2O. The van der Waals surface area contributed by atoms with E-state index in [0.717, 1.165) is 25.8 Å². The number of amides is 1. The van der Waals surface area contributed by atoms with Gasteiger partial charge >= 0.3 is 0 Å². The molecule has 0 N–H and O–H groups in total. The number of carbonyl (C=O) groups is 1. The van der Waals surface area contributed by atoms with Crippen molar-refractivity contribution in [3.8, 4) is 6.07 Å². The van der Waals surface area contributed by atoms with E-state index in [1.165, 1.54) is 11.1 Å². The molecule has 1 heterocycles. The van der Waals surface area contributed by atoms with E-state index in [0.29, 0.717) is 13.0 Å². The van der Waals surface area contributed by atoms with E-state index in [2.05, 4.69) is 18.2 Å². The van der Waals surface area contributed by atoms with Crippen molar-refractivity contribution < 1.29 is 4.79 Å². The summed E-state index contributed by atoms with van der Waals surface area (Å²) in [6, 6.07) is 10.4. The van der Waals surface area contributed by atoms with Gasteiger partial charge in [0.05, 0.1) is 6.07 Å². The van der Waals surface area contributed by atoms with Gasteiger partial charge in [0.2, 0.25) is 5.91 Å². The summed E-state index contributed by atoms with van der Waals surface area (Å²) in [5, 5.41) is 9.13. The summed E-state index contributed by atoms with van der Waals surface area (Å²) in [7, 11) is 0. The van der Waals surface area contributed by atoms with Crippen LogP contribution in [0.25, 0.3) is 0 Å². The van der Waals surface area contributed by atoms with Gasteiger partial charge in [0.25, 0.3) is 0 Å². The van der Waals surface area contributed by atoms with Crippen molar-refractivity contribution in [1.29, 1.82) is 5.26 Å². The van der Waals surface area contributed by atoms with Crippen molar-refractivity contribution in [2.24, 2.45) is 5.92 Å². The Bertz CT molecular complexity index is 490. The van der Waals surface area contributed by atoms with Crippen LogP contribution in [0.5, 0.6) is 0 Å². The summed E-state index contributed by atoms with van der Waals surface area (Å²) in [6.07, 6.45) is 3.53. The standard InChI is InChI=1S/C16H20N2O/c1-2-6-14(11-17)16(19)18-10-5-9-13-7-3-4-8-15(13)12-18/h3-4,7-8,14H,2,5-6,9-10,12H2,1H3. The zero-order chi connectivity index (χ0) is 13.7. The lowest BCUT2D eigenvalue weighted by Gasteiger charge is -2.23. The molecule has 3 nitrogen and oxygen atoms in total. The molecule has 100 valence electrons. The highest BCUT2D eigenvalue weighted by Crippen LogP contribution is 2.20. The smallest absolute Gasteiger partial charge is 0.240 e. The molecule has 0 saturated heterocycles. The molecule has 1 unspecified atom stereocenters. The third-order valence-electron chi connectivity index (χ3n) is 3.70. The van der Waals surface area contributed by atoms with Crippen molar-refractivity contribution in [3.05, 3.63) is 35.4 Å². The fourth-order valence-electron chi connectivity index (χ4n) is 2.64. The maximum Gasteiger partial charge on any atom is 0.240 e. The summed E-state index contributed by atoms with van der Waals surface area (Å²) in [6.45, 7) is 3.42. The fraction of sp³-hybridized carbons (Fsp3) is 0.500. The molecule has 1 atom stereocenters. The van der Waals surface area contributed by atoms with E-state index in [-0.39, 0.29) is 5.91 Å². The number of nitrogens with zero attached hydrogens (tertiary/aromatic N) is 2. The molecule has 1 aromatic carbocycles. The van der Waals surface area contributed by atoms with Crippen molar-refractivity contribution in [3.63, 3.8) is 0 Å². The first-order valence-electron chi connectivity index (χ1n) is 7.01. The minimum atomic E-state index is -0.477. The molecule has 19 heavy (non-hydrogen) atoms. The quantitative estimate of drug-likeness (QED) is 0.834. The minimum Gasteiger partial charge on any atom is -0.337 e. The first-order chi connectivity index (χ1) is 9.26. The largest absolute Gasteiger partial charge is 0.337 e. The van der Waals surface area contributed by atoms with E-state index in [9.17, 15) is 4.79 Å². The third kappa shape index (κ3) is 3.14. The number of carbonyl (C=O) groups excluding carboxylic acids is 1.